The number of carbonyl (C=O) groups excluding carboxylic acids is 1. The Bertz CT molecular complexity index is 549. The van der Waals surface area contributed by atoms with Crippen LogP contribution < -0.4 is 11.1 Å². The van der Waals surface area contributed by atoms with Gasteiger partial charge in [-0.25, -0.2) is 4.39 Å². The van der Waals surface area contributed by atoms with Gasteiger partial charge in [0.1, 0.15) is 5.82 Å². The van der Waals surface area contributed by atoms with Gasteiger partial charge in [0.25, 0.3) is 0 Å². The van der Waals surface area contributed by atoms with E-state index in [-0.39, 0.29) is 17.1 Å². The second kappa shape index (κ2) is 6.57. The van der Waals surface area contributed by atoms with E-state index >= 15 is 0 Å². The third-order valence-electron chi connectivity index (χ3n) is 5.68. The largest absolute Gasteiger partial charge is 0.381 e. The SMILES string of the molecule is NCC1(C(=O)NCC2(c3ccc(F)cc3)CCC2)CCOCC1. The summed E-state index contributed by atoms with van der Waals surface area (Å²) in [5, 5.41) is 3.13. The van der Waals surface area contributed by atoms with Crippen molar-refractivity contribution >= 4 is 5.91 Å². The molecule has 3 rings (SSSR count). The van der Waals surface area contributed by atoms with Crippen molar-refractivity contribution in [2.24, 2.45) is 11.1 Å². The van der Waals surface area contributed by atoms with Gasteiger partial charge in [-0.1, -0.05) is 18.6 Å². The summed E-state index contributed by atoms with van der Waals surface area (Å²) in [4.78, 5) is 12.7. The van der Waals surface area contributed by atoms with Crippen LogP contribution in [-0.4, -0.2) is 32.2 Å². The molecule has 2 fully saturated rings. The predicted octanol–water partition coefficient (Wildman–Crippen LogP) is 2.12. The van der Waals surface area contributed by atoms with Crippen LogP contribution in [0, 0.1) is 11.2 Å². The van der Waals surface area contributed by atoms with Crippen LogP contribution in [0.25, 0.3) is 0 Å². The lowest BCUT2D eigenvalue weighted by molar-refractivity contribution is -0.136. The Labute approximate surface area is 136 Å². The summed E-state index contributed by atoms with van der Waals surface area (Å²) in [7, 11) is 0. The zero-order valence-corrected chi connectivity index (χ0v) is 13.4. The summed E-state index contributed by atoms with van der Waals surface area (Å²) in [5.41, 5.74) is 6.46. The number of hydrogen-bond acceptors (Lipinski definition) is 3. The third kappa shape index (κ3) is 3.12. The number of amides is 1. The lowest BCUT2D eigenvalue weighted by Crippen LogP contribution is -2.53. The monoisotopic (exact) mass is 320 g/mol. The summed E-state index contributed by atoms with van der Waals surface area (Å²) < 4.78 is 18.5. The first kappa shape index (κ1) is 16.4. The second-order valence-electron chi connectivity index (χ2n) is 6.92. The van der Waals surface area contributed by atoms with Crippen molar-refractivity contribution < 1.29 is 13.9 Å². The molecule has 5 heteroatoms. The van der Waals surface area contributed by atoms with E-state index in [9.17, 15) is 9.18 Å². The molecule has 0 atom stereocenters. The van der Waals surface area contributed by atoms with E-state index in [1.165, 1.54) is 12.1 Å². The molecule has 1 saturated heterocycles. The number of halogens is 1. The van der Waals surface area contributed by atoms with Crippen LogP contribution in [0.3, 0.4) is 0 Å². The first-order valence-corrected chi connectivity index (χ1v) is 8.42. The maximum atomic E-state index is 13.2. The van der Waals surface area contributed by atoms with Gasteiger partial charge in [0, 0.05) is 31.7 Å². The quantitative estimate of drug-likeness (QED) is 0.873. The van der Waals surface area contributed by atoms with Crippen molar-refractivity contribution in [2.75, 3.05) is 26.3 Å². The third-order valence-corrected chi connectivity index (χ3v) is 5.68. The molecule has 1 amide bonds. The maximum Gasteiger partial charge on any atom is 0.227 e. The topological polar surface area (TPSA) is 64.4 Å². The van der Waals surface area contributed by atoms with Crippen LogP contribution in [-0.2, 0) is 14.9 Å². The Morgan fingerprint density at radius 1 is 1.17 bits per heavy atom. The number of rotatable bonds is 5. The van der Waals surface area contributed by atoms with Gasteiger partial charge in [0.2, 0.25) is 5.91 Å². The van der Waals surface area contributed by atoms with Crippen LogP contribution in [0.5, 0.6) is 0 Å². The fraction of sp³-hybridized carbons (Fsp3) is 0.611. The molecule has 1 saturated carbocycles. The minimum absolute atomic E-state index is 0.0386. The Kier molecular flexibility index (Phi) is 4.69. The first-order valence-electron chi connectivity index (χ1n) is 8.42. The number of ether oxygens (including phenoxy) is 1. The van der Waals surface area contributed by atoms with Crippen molar-refractivity contribution in [3.8, 4) is 0 Å². The van der Waals surface area contributed by atoms with E-state index in [1.54, 1.807) is 0 Å². The molecule has 4 nitrogen and oxygen atoms in total. The molecule has 0 spiro atoms. The zero-order valence-electron chi connectivity index (χ0n) is 13.4. The molecular formula is C18H25FN2O2. The van der Waals surface area contributed by atoms with E-state index in [0.717, 1.165) is 24.8 Å². The number of carbonyl (C=O) groups is 1. The number of nitrogens with two attached hydrogens (primary N) is 1. The second-order valence-corrected chi connectivity index (χ2v) is 6.92. The number of hydrogen-bond donors (Lipinski definition) is 2. The van der Waals surface area contributed by atoms with Gasteiger partial charge < -0.3 is 15.8 Å². The highest BCUT2D eigenvalue weighted by Gasteiger charge is 2.42. The molecule has 0 aromatic heterocycles. The lowest BCUT2D eigenvalue weighted by Gasteiger charge is -2.44. The van der Waals surface area contributed by atoms with Crippen LogP contribution in [0.1, 0.15) is 37.7 Å². The van der Waals surface area contributed by atoms with E-state index in [1.807, 2.05) is 12.1 Å². The number of benzene rings is 1. The summed E-state index contributed by atoms with van der Waals surface area (Å²) in [6.45, 7) is 2.13. The summed E-state index contributed by atoms with van der Waals surface area (Å²) >= 11 is 0. The molecule has 23 heavy (non-hydrogen) atoms. The predicted molar refractivity (Wildman–Crippen MR) is 86.5 cm³/mol. The number of nitrogens with one attached hydrogen (secondary N) is 1. The Morgan fingerprint density at radius 3 is 2.35 bits per heavy atom. The first-order chi connectivity index (χ1) is 11.1. The molecule has 0 unspecified atom stereocenters. The van der Waals surface area contributed by atoms with E-state index in [0.29, 0.717) is 39.1 Å². The molecule has 1 aliphatic carbocycles. The summed E-state index contributed by atoms with van der Waals surface area (Å²) in [6.07, 6.45) is 4.55. The molecule has 126 valence electrons. The summed E-state index contributed by atoms with van der Waals surface area (Å²) in [5.74, 6) is -0.187. The zero-order chi connectivity index (χ0) is 16.3. The van der Waals surface area contributed by atoms with Crippen molar-refractivity contribution in [1.29, 1.82) is 0 Å². The fourth-order valence-corrected chi connectivity index (χ4v) is 3.70. The smallest absolute Gasteiger partial charge is 0.227 e. The molecule has 3 N–H and O–H groups in total. The molecule has 1 heterocycles. The molecule has 0 radical (unpaired) electrons. The van der Waals surface area contributed by atoms with Crippen LogP contribution in [0.4, 0.5) is 4.39 Å². The van der Waals surface area contributed by atoms with E-state index in [4.69, 9.17) is 10.5 Å². The van der Waals surface area contributed by atoms with Crippen LogP contribution in [0.2, 0.25) is 0 Å². The van der Waals surface area contributed by atoms with Gasteiger partial charge in [-0.15, -0.1) is 0 Å². The van der Waals surface area contributed by atoms with Crippen LogP contribution in [0.15, 0.2) is 24.3 Å². The van der Waals surface area contributed by atoms with Gasteiger partial charge in [0.15, 0.2) is 0 Å². The van der Waals surface area contributed by atoms with Gasteiger partial charge in [-0.05, 0) is 43.4 Å². The standard InChI is InChI=1S/C18H25FN2O2/c19-15-4-2-14(3-5-15)18(6-1-7-18)13-21-16(22)17(12-20)8-10-23-11-9-17/h2-5H,1,6-13,20H2,(H,21,22). The Balaban J connectivity index is 1.68. The fourth-order valence-electron chi connectivity index (χ4n) is 3.70. The molecule has 1 aromatic rings. The molecular weight excluding hydrogens is 295 g/mol. The van der Waals surface area contributed by atoms with Gasteiger partial charge in [0.05, 0.1) is 5.41 Å². The Hall–Kier alpha value is -1.46. The summed E-state index contributed by atoms with van der Waals surface area (Å²) in [6, 6.07) is 6.68. The van der Waals surface area contributed by atoms with Crippen LogP contribution >= 0.6 is 0 Å². The van der Waals surface area contributed by atoms with Crippen molar-refractivity contribution in [1.82, 2.24) is 5.32 Å². The molecule has 0 bridgehead atoms. The molecule has 1 aliphatic heterocycles. The lowest BCUT2D eigenvalue weighted by atomic mass is 9.64. The highest BCUT2D eigenvalue weighted by molar-refractivity contribution is 5.83. The minimum Gasteiger partial charge on any atom is -0.381 e. The minimum atomic E-state index is -0.494. The normalized spacial score (nSPS) is 22.2. The van der Waals surface area contributed by atoms with Gasteiger partial charge in [-0.3, -0.25) is 4.79 Å². The van der Waals surface area contributed by atoms with Gasteiger partial charge in [-0.2, -0.15) is 0 Å². The molecule has 1 aromatic carbocycles. The van der Waals surface area contributed by atoms with Crippen molar-refractivity contribution in [2.45, 2.75) is 37.5 Å². The van der Waals surface area contributed by atoms with E-state index < -0.39 is 5.41 Å². The average molecular weight is 320 g/mol. The average Bonchev–Trinajstić information content (AvgIpc) is 2.55. The van der Waals surface area contributed by atoms with Crippen molar-refractivity contribution in [3.63, 3.8) is 0 Å². The highest BCUT2D eigenvalue weighted by atomic mass is 19.1. The van der Waals surface area contributed by atoms with Crippen molar-refractivity contribution in [3.05, 3.63) is 35.6 Å². The highest BCUT2D eigenvalue weighted by Crippen LogP contribution is 2.43. The van der Waals surface area contributed by atoms with E-state index in [2.05, 4.69) is 5.32 Å². The Morgan fingerprint density at radius 2 is 1.83 bits per heavy atom. The maximum absolute atomic E-state index is 13.2. The molecule has 2 aliphatic rings. The van der Waals surface area contributed by atoms with Gasteiger partial charge >= 0.3 is 0 Å².